The first-order valence-electron chi connectivity index (χ1n) is 6.38. The van der Waals surface area contributed by atoms with Gasteiger partial charge in [0.2, 0.25) is 0 Å². The van der Waals surface area contributed by atoms with Crippen LogP contribution in [0.3, 0.4) is 0 Å². The predicted octanol–water partition coefficient (Wildman–Crippen LogP) is 4.45. The zero-order valence-corrected chi connectivity index (χ0v) is 13.0. The fourth-order valence-corrected chi connectivity index (χ4v) is 2.66. The second kappa shape index (κ2) is 8.80. The van der Waals surface area contributed by atoms with E-state index in [1.807, 2.05) is 6.08 Å². The third-order valence-corrected chi connectivity index (χ3v) is 4.72. The van der Waals surface area contributed by atoms with Crippen molar-refractivity contribution in [3.8, 4) is 12.3 Å². The standard InChI is InChI=1S/C15H20BrClO/c1-3-5-6-7-8-9-10-14-13(17)11-15(18-14)12(16)4-2/h1,5-6,8-9,12-15H,4,7,10-11H2,2H3/b6-5+,9-8-/t12?,13-,14-,15-/m1/s1. The van der Waals surface area contributed by atoms with E-state index >= 15 is 0 Å². The van der Waals surface area contributed by atoms with Gasteiger partial charge < -0.3 is 4.74 Å². The van der Waals surface area contributed by atoms with Crippen LogP contribution in [0.1, 0.15) is 32.6 Å². The summed E-state index contributed by atoms with van der Waals surface area (Å²) in [7, 11) is 0. The van der Waals surface area contributed by atoms with Crippen LogP contribution in [0.4, 0.5) is 0 Å². The Morgan fingerprint density at radius 2 is 2.28 bits per heavy atom. The van der Waals surface area contributed by atoms with Gasteiger partial charge >= 0.3 is 0 Å². The largest absolute Gasteiger partial charge is 0.372 e. The molecule has 3 heteroatoms. The molecular weight excluding hydrogens is 312 g/mol. The predicted molar refractivity (Wildman–Crippen MR) is 82.3 cm³/mol. The molecule has 4 atom stereocenters. The van der Waals surface area contributed by atoms with Gasteiger partial charge in [-0.3, -0.25) is 0 Å². The molecule has 1 fully saturated rings. The van der Waals surface area contributed by atoms with Crippen LogP contribution in [0.25, 0.3) is 0 Å². The molecule has 0 N–H and O–H groups in total. The average Bonchev–Trinajstić information content (AvgIpc) is 2.74. The fourth-order valence-electron chi connectivity index (χ4n) is 1.98. The van der Waals surface area contributed by atoms with Crippen molar-refractivity contribution in [2.24, 2.45) is 0 Å². The third-order valence-electron chi connectivity index (χ3n) is 3.03. The number of alkyl halides is 2. The molecule has 1 heterocycles. The molecule has 1 nitrogen and oxygen atoms in total. The zero-order chi connectivity index (χ0) is 13.4. The lowest BCUT2D eigenvalue weighted by Gasteiger charge is -2.16. The van der Waals surface area contributed by atoms with Crippen molar-refractivity contribution in [3.63, 3.8) is 0 Å². The van der Waals surface area contributed by atoms with Crippen molar-refractivity contribution >= 4 is 27.5 Å². The summed E-state index contributed by atoms with van der Waals surface area (Å²) in [6.07, 6.45) is 17.1. The second-order valence-corrected chi connectivity index (χ2v) is 6.14. The number of allylic oxidation sites excluding steroid dienone is 3. The first-order chi connectivity index (χ1) is 8.69. The van der Waals surface area contributed by atoms with Gasteiger partial charge in [-0.05, 0) is 31.8 Å². The summed E-state index contributed by atoms with van der Waals surface area (Å²) < 4.78 is 5.97. The van der Waals surface area contributed by atoms with Crippen LogP contribution in [-0.2, 0) is 4.74 Å². The number of terminal acetylenes is 1. The molecule has 0 aromatic carbocycles. The van der Waals surface area contributed by atoms with Gasteiger partial charge in [-0.1, -0.05) is 47.0 Å². The van der Waals surface area contributed by atoms with E-state index in [-0.39, 0.29) is 17.6 Å². The van der Waals surface area contributed by atoms with Crippen LogP contribution in [0, 0.1) is 12.3 Å². The summed E-state index contributed by atoms with van der Waals surface area (Å²) in [5.74, 6) is 2.47. The van der Waals surface area contributed by atoms with Gasteiger partial charge in [-0.15, -0.1) is 18.0 Å². The molecule has 1 unspecified atom stereocenters. The topological polar surface area (TPSA) is 9.23 Å². The van der Waals surface area contributed by atoms with Crippen molar-refractivity contribution < 1.29 is 4.74 Å². The second-order valence-electron chi connectivity index (χ2n) is 4.40. The van der Waals surface area contributed by atoms with Crippen LogP contribution in [0.2, 0.25) is 0 Å². The number of halogens is 2. The van der Waals surface area contributed by atoms with E-state index in [1.54, 1.807) is 6.08 Å². The minimum Gasteiger partial charge on any atom is -0.372 e. The molecule has 0 bridgehead atoms. The Morgan fingerprint density at radius 3 is 2.94 bits per heavy atom. The van der Waals surface area contributed by atoms with Crippen LogP contribution in [-0.4, -0.2) is 22.4 Å². The zero-order valence-electron chi connectivity index (χ0n) is 10.7. The Kier molecular flexibility index (Phi) is 7.74. The molecule has 0 aromatic rings. The average molecular weight is 332 g/mol. The monoisotopic (exact) mass is 330 g/mol. The number of hydrogen-bond donors (Lipinski definition) is 0. The smallest absolute Gasteiger partial charge is 0.0778 e. The van der Waals surface area contributed by atoms with Gasteiger partial charge in [0.05, 0.1) is 17.6 Å². The van der Waals surface area contributed by atoms with E-state index in [0.29, 0.717) is 4.83 Å². The highest BCUT2D eigenvalue weighted by Gasteiger charge is 2.35. The summed E-state index contributed by atoms with van der Waals surface area (Å²) >= 11 is 9.96. The highest BCUT2D eigenvalue weighted by Crippen LogP contribution is 2.32. The quantitative estimate of drug-likeness (QED) is 0.397. The molecule has 1 saturated heterocycles. The number of ether oxygens (including phenoxy) is 1. The number of hydrogen-bond acceptors (Lipinski definition) is 1. The van der Waals surface area contributed by atoms with Gasteiger partial charge in [0.15, 0.2) is 0 Å². The molecule has 0 radical (unpaired) electrons. The molecule has 0 amide bonds. The maximum absolute atomic E-state index is 6.32. The van der Waals surface area contributed by atoms with E-state index in [4.69, 9.17) is 22.8 Å². The van der Waals surface area contributed by atoms with Crippen LogP contribution in [0.15, 0.2) is 24.3 Å². The normalized spacial score (nSPS) is 30.0. The SMILES string of the molecule is C#C/C=C/C/C=C\C[C@H]1O[C@@H](C(Br)CC)C[C@H]1Cl. The van der Waals surface area contributed by atoms with E-state index in [2.05, 4.69) is 40.9 Å². The summed E-state index contributed by atoms with van der Waals surface area (Å²) in [6.45, 7) is 2.15. The molecule has 1 rings (SSSR count). The molecule has 1 aliphatic heterocycles. The lowest BCUT2D eigenvalue weighted by molar-refractivity contribution is 0.0472. The summed E-state index contributed by atoms with van der Waals surface area (Å²) in [4.78, 5) is 0.409. The van der Waals surface area contributed by atoms with Crippen LogP contribution < -0.4 is 0 Å². The molecule has 100 valence electrons. The molecule has 1 aliphatic rings. The van der Waals surface area contributed by atoms with Crippen molar-refractivity contribution in [1.29, 1.82) is 0 Å². The van der Waals surface area contributed by atoms with Crippen LogP contribution >= 0.6 is 27.5 Å². The first-order valence-corrected chi connectivity index (χ1v) is 7.74. The van der Waals surface area contributed by atoms with E-state index in [1.165, 1.54) is 0 Å². The van der Waals surface area contributed by atoms with Crippen molar-refractivity contribution in [1.82, 2.24) is 0 Å². The van der Waals surface area contributed by atoms with Crippen molar-refractivity contribution in [2.75, 3.05) is 0 Å². The van der Waals surface area contributed by atoms with Gasteiger partial charge in [0, 0.05) is 4.83 Å². The molecular formula is C15H20BrClO. The Labute approximate surface area is 124 Å². The maximum atomic E-state index is 6.32. The number of rotatable bonds is 6. The summed E-state index contributed by atoms with van der Waals surface area (Å²) in [6, 6.07) is 0. The van der Waals surface area contributed by atoms with E-state index in [9.17, 15) is 0 Å². The molecule has 0 spiro atoms. The Bertz CT molecular complexity index is 332. The molecule has 0 aliphatic carbocycles. The maximum Gasteiger partial charge on any atom is 0.0778 e. The van der Waals surface area contributed by atoms with Gasteiger partial charge in [0.1, 0.15) is 0 Å². The van der Waals surface area contributed by atoms with Crippen LogP contribution in [0.5, 0.6) is 0 Å². The molecule has 18 heavy (non-hydrogen) atoms. The lowest BCUT2D eigenvalue weighted by atomic mass is 10.1. The summed E-state index contributed by atoms with van der Waals surface area (Å²) in [5, 5.41) is 0.118. The minimum atomic E-state index is 0.118. The van der Waals surface area contributed by atoms with Crippen molar-refractivity contribution in [3.05, 3.63) is 24.3 Å². The Balaban J connectivity index is 2.31. The Hall–Kier alpha value is -0.230. The van der Waals surface area contributed by atoms with Gasteiger partial charge in [-0.2, -0.15) is 0 Å². The first kappa shape index (κ1) is 15.8. The molecule has 0 saturated carbocycles. The Morgan fingerprint density at radius 1 is 1.50 bits per heavy atom. The van der Waals surface area contributed by atoms with Gasteiger partial charge in [-0.25, -0.2) is 0 Å². The lowest BCUT2D eigenvalue weighted by Crippen LogP contribution is -2.20. The van der Waals surface area contributed by atoms with E-state index < -0.39 is 0 Å². The minimum absolute atomic E-state index is 0.118. The summed E-state index contributed by atoms with van der Waals surface area (Å²) in [5.41, 5.74) is 0. The highest BCUT2D eigenvalue weighted by atomic mass is 79.9. The highest BCUT2D eigenvalue weighted by molar-refractivity contribution is 9.09. The van der Waals surface area contributed by atoms with E-state index in [0.717, 1.165) is 25.7 Å². The fraction of sp³-hybridized carbons (Fsp3) is 0.600. The van der Waals surface area contributed by atoms with Gasteiger partial charge in [0.25, 0.3) is 0 Å². The molecule has 0 aromatic heterocycles. The van der Waals surface area contributed by atoms with Crippen molar-refractivity contribution in [2.45, 2.75) is 55.0 Å². The third kappa shape index (κ3) is 5.18.